The van der Waals surface area contributed by atoms with E-state index in [1.165, 1.54) is 0 Å². The Morgan fingerprint density at radius 2 is 1.78 bits per heavy atom. The summed E-state index contributed by atoms with van der Waals surface area (Å²) in [6, 6.07) is 13.1. The van der Waals surface area contributed by atoms with Crippen LogP contribution in [0.4, 0.5) is 0 Å². The van der Waals surface area contributed by atoms with Crippen molar-refractivity contribution in [2.75, 3.05) is 5.43 Å². The SMILES string of the molecule is Clc1cccc(COc2ccc(Cl)cc2CNn2cnnc2)c1. The molecule has 0 aliphatic heterocycles. The highest BCUT2D eigenvalue weighted by Crippen LogP contribution is 2.24. The molecule has 0 bridgehead atoms. The molecular weight excluding hydrogens is 335 g/mol. The van der Waals surface area contributed by atoms with Crippen LogP contribution in [-0.2, 0) is 13.2 Å². The topological polar surface area (TPSA) is 52.0 Å². The first-order valence-corrected chi connectivity index (χ1v) is 7.70. The smallest absolute Gasteiger partial charge is 0.138 e. The van der Waals surface area contributed by atoms with E-state index in [0.29, 0.717) is 23.2 Å². The average Bonchev–Trinajstić information content (AvgIpc) is 3.05. The fourth-order valence-electron chi connectivity index (χ4n) is 2.07. The third-order valence-electron chi connectivity index (χ3n) is 3.18. The summed E-state index contributed by atoms with van der Waals surface area (Å²) in [6.07, 6.45) is 3.16. The van der Waals surface area contributed by atoms with Crippen LogP contribution in [0.5, 0.6) is 5.75 Å². The van der Waals surface area contributed by atoms with Crippen LogP contribution in [0.25, 0.3) is 0 Å². The van der Waals surface area contributed by atoms with Crippen molar-refractivity contribution in [1.82, 2.24) is 14.9 Å². The predicted molar refractivity (Wildman–Crippen MR) is 90.3 cm³/mol. The largest absolute Gasteiger partial charge is 0.489 e. The van der Waals surface area contributed by atoms with Gasteiger partial charge in [0.2, 0.25) is 0 Å². The van der Waals surface area contributed by atoms with Crippen LogP contribution in [-0.4, -0.2) is 14.9 Å². The number of rotatable bonds is 6. The van der Waals surface area contributed by atoms with E-state index in [-0.39, 0.29) is 0 Å². The van der Waals surface area contributed by atoms with Crippen LogP contribution < -0.4 is 10.2 Å². The minimum absolute atomic E-state index is 0.432. The first-order chi connectivity index (χ1) is 11.2. The van der Waals surface area contributed by atoms with Crippen LogP contribution in [0.1, 0.15) is 11.1 Å². The second-order valence-corrected chi connectivity index (χ2v) is 5.75. The summed E-state index contributed by atoms with van der Waals surface area (Å²) in [5.41, 5.74) is 5.09. The van der Waals surface area contributed by atoms with Crippen molar-refractivity contribution in [2.24, 2.45) is 0 Å². The molecule has 0 saturated carbocycles. The number of hydrogen-bond donors (Lipinski definition) is 1. The van der Waals surface area contributed by atoms with E-state index >= 15 is 0 Å². The van der Waals surface area contributed by atoms with E-state index < -0.39 is 0 Å². The van der Waals surface area contributed by atoms with E-state index in [2.05, 4.69) is 15.6 Å². The fourth-order valence-corrected chi connectivity index (χ4v) is 2.48. The Bertz CT molecular complexity index is 778. The van der Waals surface area contributed by atoms with Gasteiger partial charge in [0.1, 0.15) is 25.0 Å². The molecule has 0 unspecified atom stereocenters. The molecule has 0 spiro atoms. The quantitative estimate of drug-likeness (QED) is 0.733. The molecule has 0 atom stereocenters. The summed E-state index contributed by atoms with van der Waals surface area (Å²) in [4.78, 5) is 0. The third-order valence-corrected chi connectivity index (χ3v) is 3.65. The van der Waals surface area contributed by atoms with Gasteiger partial charge in [-0.15, -0.1) is 10.2 Å². The Balaban J connectivity index is 1.70. The summed E-state index contributed by atoms with van der Waals surface area (Å²) in [7, 11) is 0. The molecule has 0 amide bonds. The van der Waals surface area contributed by atoms with Crippen molar-refractivity contribution in [3.8, 4) is 5.75 Å². The van der Waals surface area contributed by atoms with Crippen LogP contribution in [0.2, 0.25) is 10.0 Å². The van der Waals surface area contributed by atoms with Crippen molar-refractivity contribution in [2.45, 2.75) is 13.2 Å². The van der Waals surface area contributed by atoms with Gasteiger partial charge in [0, 0.05) is 15.6 Å². The summed E-state index contributed by atoms with van der Waals surface area (Å²) >= 11 is 12.1. The van der Waals surface area contributed by atoms with Gasteiger partial charge in [-0.05, 0) is 35.9 Å². The number of nitrogens with one attached hydrogen (secondary N) is 1. The van der Waals surface area contributed by atoms with Gasteiger partial charge < -0.3 is 10.2 Å². The van der Waals surface area contributed by atoms with Crippen LogP contribution in [0.15, 0.2) is 55.1 Å². The number of aromatic nitrogens is 3. The van der Waals surface area contributed by atoms with Crippen LogP contribution in [0.3, 0.4) is 0 Å². The highest BCUT2D eigenvalue weighted by Gasteiger charge is 2.06. The van der Waals surface area contributed by atoms with Crippen molar-refractivity contribution in [3.63, 3.8) is 0 Å². The van der Waals surface area contributed by atoms with E-state index in [9.17, 15) is 0 Å². The predicted octanol–water partition coefficient (Wildman–Crippen LogP) is 3.91. The lowest BCUT2D eigenvalue weighted by molar-refractivity contribution is 0.303. The molecule has 118 valence electrons. The molecule has 3 aromatic rings. The molecule has 7 heteroatoms. The standard InChI is InChI=1S/C16H14Cl2N4O/c17-14-3-1-2-12(6-14)9-23-16-5-4-15(18)7-13(16)8-21-22-10-19-20-11-22/h1-7,10-11,21H,8-9H2. The van der Waals surface area contributed by atoms with Crippen molar-refractivity contribution in [3.05, 3.63) is 76.3 Å². The molecule has 5 nitrogen and oxygen atoms in total. The van der Waals surface area contributed by atoms with Gasteiger partial charge in [-0.1, -0.05) is 35.3 Å². The van der Waals surface area contributed by atoms with E-state index in [1.54, 1.807) is 23.4 Å². The molecule has 0 saturated heterocycles. The summed E-state index contributed by atoms with van der Waals surface area (Å²) in [5.74, 6) is 0.759. The van der Waals surface area contributed by atoms with E-state index in [1.807, 2.05) is 36.4 Å². The highest BCUT2D eigenvalue weighted by atomic mass is 35.5. The molecule has 1 aromatic heterocycles. The third kappa shape index (κ3) is 4.37. The normalized spacial score (nSPS) is 10.5. The molecule has 0 aliphatic carbocycles. The Hall–Kier alpha value is -2.24. The van der Waals surface area contributed by atoms with E-state index in [4.69, 9.17) is 27.9 Å². The van der Waals surface area contributed by atoms with Gasteiger partial charge in [-0.3, -0.25) is 0 Å². The van der Waals surface area contributed by atoms with Gasteiger partial charge in [0.15, 0.2) is 0 Å². The number of ether oxygens (including phenoxy) is 1. The Morgan fingerprint density at radius 1 is 1.00 bits per heavy atom. The molecular formula is C16H14Cl2N4O. The monoisotopic (exact) mass is 348 g/mol. The van der Waals surface area contributed by atoms with Crippen molar-refractivity contribution in [1.29, 1.82) is 0 Å². The maximum atomic E-state index is 6.08. The van der Waals surface area contributed by atoms with Crippen molar-refractivity contribution >= 4 is 23.2 Å². The molecule has 0 fully saturated rings. The number of benzene rings is 2. The first kappa shape index (κ1) is 15.6. The molecule has 3 rings (SSSR count). The molecule has 0 aliphatic rings. The zero-order valence-electron chi connectivity index (χ0n) is 12.1. The average molecular weight is 349 g/mol. The van der Waals surface area contributed by atoms with Gasteiger partial charge in [-0.2, -0.15) is 0 Å². The molecule has 1 heterocycles. The summed E-state index contributed by atoms with van der Waals surface area (Å²) in [5, 5.41) is 8.82. The highest BCUT2D eigenvalue weighted by molar-refractivity contribution is 6.30. The lowest BCUT2D eigenvalue weighted by Gasteiger charge is -2.13. The summed E-state index contributed by atoms with van der Waals surface area (Å²) < 4.78 is 7.57. The van der Waals surface area contributed by atoms with Gasteiger partial charge in [-0.25, -0.2) is 4.68 Å². The van der Waals surface area contributed by atoms with Gasteiger partial charge >= 0.3 is 0 Å². The van der Waals surface area contributed by atoms with Crippen LogP contribution >= 0.6 is 23.2 Å². The Kier molecular flexibility index (Phi) is 5.00. The first-order valence-electron chi connectivity index (χ1n) is 6.95. The minimum Gasteiger partial charge on any atom is -0.489 e. The molecule has 1 N–H and O–H groups in total. The minimum atomic E-state index is 0.432. The second-order valence-electron chi connectivity index (χ2n) is 4.87. The zero-order valence-corrected chi connectivity index (χ0v) is 13.6. The Labute approximate surface area is 143 Å². The zero-order chi connectivity index (χ0) is 16.1. The van der Waals surface area contributed by atoms with E-state index in [0.717, 1.165) is 16.9 Å². The van der Waals surface area contributed by atoms with Gasteiger partial charge in [0.05, 0.1) is 6.54 Å². The van der Waals surface area contributed by atoms with Crippen LogP contribution in [0, 0.1) is 0 Å². The lowest BCUT2D eigenvalue weighted by atomic mass is 10.2. The maximum Gasteiger partial charge on any atom is 0.138 e. The Morgan fingerprint density at radius 3 is 2.57 bits per heavy atom. The maximum absolute atomic E-state index is 6.08. The molecule has 0 radical (unpaired) electrons. The van der Waals surface area contributed by atoms with Crippen molar-refractivity contribution < 1.29 is 4.74 Å². The second kappa shape index (κ2) is 7.35. The fraction of sp³-hybridized carbons (Fsp3) is 0.125. The lowest BCUT2D eigenvalue weighted by Crippen LogP contribution is -2.13. The number of halogens is 2. The summed E-state index contributed by atoms with van der Waals surface area (Å²) in [6.45, 7) is 0.964. The number of hydrogen-bond acceptors (Lipinski definition) is 4. The molecule has 2 aromatic carbocycles. The number of nitrogens with zero attached hydrogens (tertiary/aromatic N) is 3. The molecule has 23 heavy (non-hydrogen) atoms. The van der Waals surface area contributed by atoms with Gasteiger partial charge in [0.25, 0.3) is 0 Å².